The van der Waals surface area contributed by atoms with Gasteiger partial charge >= 0.3 is 0 Å². The van der Waals surface area contributed by atoms with Crippen LogP contribution in [0.2, 0.25) is 0 Å². The maximum Gasteiger partial charge on any atom is 0.259 e. The molecular weight excluding hydrogens is 196 g/mol. The molecule has 84 valence electrons. The Morgan fingerprint density at radius 1 is 1.73 bits per heavy atom. The first-order valence-corrected chi connectivity index (χ1v) is 4.61. The highest BCUT2D eigenvalue weighted by atomic mass is 16.5. The summed E-state index contributed by atoms with van der Waals surface area (Å²) < 4.78 is 6.73. The van der Waals surface area contributed by atoms with Gasteiger partial charge in [0, 0.05) is 12.8 Å². The van der Waals surface area contributed by atoms with E-state index in [0.717, 1.165) is 11.4 Å². The first kappa shape index (κ1) is 11.7. The molecule has 0 aliphatic heterocycles. The number of hydrogen-bond acceptors (Lipinski definition) is 4. The summed E-state index contributed by atoms with van der Waals surface area (Å²) in [6.45, 7) is 4.05. The largest absolute Gasteiger partial charge is 0.382 e. The molecule has 1 heterocycles. The molecule has 0 aliphatic rings. The van der Waals surface area contributed by atoms with Gasteiger partial charge in [-0.15, -0.1) is 0 Å². The van der Waals surface area contributed by atoms with Crippen LogP contribution >= 0.6 is 0 Å². The fourth-order valence-corrected chi connectivity index (χ4v) is 1.37. The van der Waals surface area contributed by atoms with Gasteiger partial charge in [-0.1, -0.05) is 0 Å². The molecule has 0 aliphatic carbocycles. The molecule has 1 aromatic heterocycles. The van der Waals surface area contributed by atoms with E-state index in [2.05, 4.69) is 10.4 Å². The average molecular weight is 212 g/mol. The van der Waals surface area contributed by atoms with Crippen LogP contribution in [0.3, 0.4) is 0 Å². The van der Waals surface area contributed by atoms with Gasteiger partial charge < -0.3 is 9.30 Å². The lowest BCUT2D eigenvalue weighted by molar-refractivity contribution is -0.125. The second-order valence-corrected chi connectivity index (χ2v) is 3.30. The van der Waals surface area contributed by atoms with Crippen molar-refractivity contribution in [3.63, 3.8) is 0 Å². The van der Waals surface area contributed by atoms with Crippen LogP contribution in [-0.2, 0) is 9.53 Å². The highest BCUT2D eigenvalue weighted by molar-refractivity contribution is 5.79. The van der Waals surface area contributed by atoms with Crippen LogP contribution in [0.5, 0.6) is 0 Å². The Bertz CT molecular complexity index is 348. The first-order valence-electron chi connectivity index (χ1n) is 4.61. The number of ether oxygens (including phenoxy) is 1. The Kier molecular flexibility index (Phi) is 3.81. The molecule has 0 saturated heterocycles. The summed E-state index contributed by atoms with van der Waals surface area (Å²) in [7, 11) is 1.54. The van der Waals surface area contributed by atoms with E-state index >= 15 is 0 Å². The van der Waals surface area contributed by atoms with Gasteiger partial charge in [-0.2, -0.15) is 0 Å². The summed E-state index contributed by atoms with van der Waals surface area (Å²) in [5.41, 5.74) is 3.94. The first-order chi connectivity index (χ1) is 7.11. The van der Waals surface area contributed by atoms with E-state index in [9.17, 15) is 4.79 Å². The van der Waals surface area contributed by atoms with E-state index in [4.69, 9.17) is 10.6 Å². The molecule has 1 atom stereocenters. The molecule has 1 aromatic rings. The van der Waals surface area contributed by atoms with E-state index in [0.29, 0.717) is 0 Å². The summed E-state index contributed by atoms with van der Waals surface area (Å²) in [6.07, 6.45) is 1.61. The van der Waals surface area contributed by atoms with Crippen molar-refractivity contribution < 1.29 is 9.53 Å². The third-order valence-corrected chi connectivity index (χ3v) is 2.39. The summed E-state index contributed by atoms with van der Waals surface area (Å²) in [6, 6.07) is -0.471. The molecule has 0 saturated carbocycles. The molecule has 1 unspecified atom stereocenters. The Hall–Kier alpha value is -1.40. The van der Waals surface area contributed by atoms with Crippen molar-refractivity contribution in [1.29, 1.82) is 0 Å². The minimum absolute atomic E-state index is 0.264. The molecule has 0 radical (unpaired) electrons. The van der Waals surface area contributed by atoms with Gasteiger partial charge in [0.15, 0.2) is 0 Å². The van der Waals surface area contributed by atoms with Crippen LogP contribution in [-0.4, -0.2) is 29.2 Å². The van der Waals surface area contributed by atoms with E-state index in [-0.39, 0.29) is 12.5 Å². The van der Waals surface area contributed by atoms with E-state index in [1.807, 2.05) is 13.8 Å². The third-order valence-electron chi connectivity index (χ3n) is 2.39. The van der Waals surface area contributed by atoms with Crippen molar-refractivity contribution in [3.05, 3.63) is 17.7 Å². The van der Waals surface area contributed by atoms with Gasteiger partial charge in [0.05, 0.1) is 18.6 Å². The van der Waals surface area contributed by atoms with Gasteiger partial charge in [0.25, 0.3) is 5.91 Å². The topological polar surface area (TPSA) is 82.2 Å². The van der Waals surface area contributed by atoms with Crippen molar-refractivity contribution in [2.75, 3.05) is 13.7 Å². The second kappa shape index (κ2) is 4.90. The molecule has 1 amide bonds. The maximum atomic E-state index is 11.5. The minimum Gasteiger partial charge on any atom is -0.382 e. The number of imidazole rings is 1. The van der Waals surface area contributed by atoms with Crippen LogP contribution in [0.25, 0.3) is 0 Å². The number of aryl methyl sites for hydroxylation is 1. The van der Waals surface area contributed by atoms with Gasteiger partial charge in [0.1, 0.15) is 6.04 Å². The lowest BCUT2D eigenvalue weighted by atomic mass is 10.2. The molecule has 3 N–H and O–H groups in total. The number of carbonyl (C=O) groups excluding carboxylic acids is 1. The lowest BCUT2D eigenvalue weighted by Crippen LogP contribution is -2.39. The Morgan fingerprint density at radius 2 is 2.40 bits per heavy atom. The Labute approximate surface area is 88.4 Å². The number of nitrogens with zero attached hydrogens (tertiary/aromatic N) is 2. The fourth-order valence-electron chi connectivity index (χ4n) is 1.37. The SMILES string of the molecule is COCC(C(=O)NN)n1cnc(C)c1C. The number of methoxy groups -OCH3 is 1. The second-order valence-electron chi connectivity index (χ2n) is 3.30. The predicted molar refractivity (Wildman–Crippen MR) is 54.9 cm³/mol. The Balaban J connectivity index is 2.98. The summed E-state index contributed by atoms with van der Waals surface area (Å²) in [5, 5.41) is 0. The van der Waals surface area contributed by atoms with Crippen LogP contribution < -0.4 is 11.3 Å². The fraction of sp³-hybridized carbons (Fsp3) is 0.556. The summed E-state index contributed by atoms with van der Waals surface area (Å²) in [4.78, 5) is 15.6. The lowest BCUT2D eigenvalue weighted by Gasteiger charge is -2.17. The normalized spacial score (nSPS) is 12.5. The van der Waals surface area contributed by atoms with Crippen molar-refractivity contribution in [2.24, 2.45) is 5.84 Å². The van der Waals surface area contributed by atoms with Crippen LogP contribution in [0, 0.1) is 13.8 Å². The van der Waals surface area contributed by atoms with Gasteiger partial charge in [-0.05, 0) is 13.8 Å². The average Bonchev–Trinajstić information content (AvgIpc) is 2.56. The van der Waals surface area contributed by atoms with Crippen molar-refractivity contribution in [3.8, 4) is 0 Å². The number of hydrazine groups is 1. The van der Waals surface area contributed by atoms with E-state index in [1.165, 1.54) is 7.11 Å². The number of rotatable bonds is 4. The molecule has 0 spiro atoms. The molecule has 1 rings (SSSR count). The number of nitrogens with two attached hydrogens (primary N) is 1. The number of carbonyl (C=O) groups is 1. The zero-order valence-electron chi connectivity index (χ0n) is 9.15. The maximum absolute atomic E-state index is 11.5. The summed E-state index contributed by atoms with van der Waals surface area (Å²) >= 11 is 0. The van der Waals surface area contributed by atoms with Crippen LogP contribution in [0.1, 0.15) is 17.4 Å². The Morgan fingerprint density at radius 3 is 2.80 bits per heavy atom. The highest BCUT2D eigenvalue weighted by Crippen LogP contribution is 2.13. The number of aromatic nitrogens is 2. The standard InChI is InChI=1S/C9H16N4O2/c1-6-7(2)13(5-11-6)8(4-15-3)9(14)12-10/h5,8H,4,10H2,1-3H3,(H,12,14). The number of nitrogens with one attached hydrogen (secondary N) is 1. The van der Waals surface area contributed by atoms with E-state index < -0.39 is 6.04 Å². The number of amides is 1. The highest BCUT2D eigenvalue weighted by Gasteiger charge is 2.21. The molecule has 6 nitrogen and oxygen atoms in total. The van der Waals surface area contributed by atoms with Gasteiger partial charge in [-0.3, -0.25) is 10.2 Å². The molecule has 0 aromatic carbocycles. The molecule has 15 heavy (non-hydrogen) atoms. The predicted octanol–water partition coefficient (Wildman–Crippen LogP) is -0.323. The van der Waals surface area contributed by atoms with E-state index in [1.54, 1.807) is 10.9 Å². The quantitative estimate of drug-likeness (QED) is 0.407. The zero-order valence-corrected chi connectivity index (χ0v) is 9.15. The van der Waals surface area contributed by atoms with Crippen LogP contribution in [0.4, 0.5) is 0 Å². The smallest absolute Gasteiger partial charge is 0.259 e. The molecule has 0 bridgehead atoms. The zero-order chi connectivity index (χ0) is 11.4. The molecular formula is C9H16N4O2. The number of hydrogen-bond donors (Lipinski definition) is 2. The van der Waals surface area contributed by atoms with Gasteiger partial charge in [0.2, 0.25) is 0 Å². The minimum atomic E-state index is -0.471. The van der Waals surface area contributed by atoms with Crippen molar-refractivity contribution in [2.45, 2.75) is 19.9 Å². The third kappa shape index (κ3) is 2.34. The summed E-state index contributed by atoms with van der Waals surface area (Å²) in [5.74, 6) is 4.81. The molecule has 6 heteroatoms. The van der Waals surface area contributed by atoms with Crippen molar-refractivity contribution in [1.82, 2.24) is 15.0 Å². The molecule has 0 fully saturated rings. The van der Waals surface area contributed by atoms with Crippen LogP contribution in [0.15, 0.2) is 6.33 Å². The van der Waals surface area contributed by atoms with Gasteiger partial charge in [-0.25, -0.2) is 10.8 Å². The van der Waals surface area contributed by atoms with Crippen molar-refractivity contribution >= 4 is 5.91 Å². The monoisotopic (exact) mass is 212 g/mol.